The lowest BCUT2D eigenvalue weighted by molar-refractivity contribution is -0.140. The van der Waals surface area contributed by atoms with Crippen molar-refractivity contribution in [3.63, 3.8) is 0 Å². The molecule has 3 rings (SSSR count). The number of carbonyl (C=O) groups excluding carboxylic acids is 1. The van der Waals surface area contributed by atoms with Crippen LogP contribution in [0, 0.1) is 5.92 Å². The minimum absolute atomic E-state index is 0.397. The van der Waals surface area contributed by atoms with Gasteiger partial charge in [0, 0.05) is 51.2 Å². The molecular formula is C11H19N3O. The molecule has 0 bridgehead atoms. The molecule has 2 heterocycles. The molecule has 0 aromatic rings. The Bertz CT molecular complexity index is 253. The first-order chi connectivity index (χ1) is 7.34. The van der Waals surface area contributed by atoms with Gasteiger partial charge < -0.3 is 10.2 Å². The molecule has 0 unspecified atom stereocenters. The van der Waals surface area contributed by atoms with Crippen LogP contribution in [0.25, 0.3) is 0 Å². The number of nitrogens with one attached hydrogen (secondary N) is 1. The van der Waals surface area contributed by atoms with Gasteiger partial charge in [0.25, 0.3) is 0 Å². The highest BCUT2D eigenvalue weighted by atomic mass is 16.2. The summed E-state index contributed by atoms with van der Waals surface area (Å²) in [4.78, 5) is 16.3. The summed E-state index contributed by atoms with van der Waals surface area (Å²) in [5.74, 6) is 0.815. The molecule has 15 heavy (non-hydrogen) atoms. The van der Waals surface area contributed by atoms with Crippen LogP contribution < -0.4 is 5.32 Å². The molecule has 0 radical (unpaired) electrons. The standard InChI is InChI=1S/C11H19N3O/c15-11(9-1-2-9)14-7-10(8-14)13-5-3-12-4-6-13/h9-10,12H,1-8H2. The van der Waals surface area contributed by atoms with Crippen LogP contribution in [-0.2, 0) is 4.79 Å². The van der Waals surface area contributed by atoms with Crippen molar-refractivity contribution < 1.29 is 4.79 Å². The van der Waals surface area contributed by atoms with Gasteiger partial charge in [-0.05, 0) is 12.8 Å². The molecule has 4 heteroatoms. The van der Waals surface area contributed by atoms with Crippen molar-refractivity contribution in [2.75, 3.05) is 39.3 Å². The third-order valence-electron chi connectivity index (χ3n) is 3.77. The van der Waals surface area contributed by atoms with Crippen LogP contribution in [0.5, 0.6) is 0 Å². The number of rotatable bonds is 2. The number of carbonyl (C=O) groups is 1. The van der Waals surface area contributed by atoms with Gasteiger partial charge in [-0.15, -0.1) is 0 Å². The molecule has 3 fully saturated rings. The van der Waals surface area contributed by atoms with E-state index in [0.717, 1.165) is 52.1 Å². The summed E-state index contributed by atoms with van der Waals surface area (Å²) < 4.78 is 0. The Balaban J connectivity index is 1.46. The fourth-order valence-corrected chi connectivity index (χ4v) is 2.50. The van der Waals surface area contributed by atoms with Crippen molar-refractivity contribution in [2.45, 2.75) is 18.9 Å². The van der Waals surface area contributed by atoms with Gasteiger partial charge in [-0.1, -0.05) is 0 Å². The van der Waals surface area contributed by atoms with Crippen molar-refractivity contribution >= 4 is 5.91 Å². The molecule has 1 N–H and O–H groups in total. The summed E-state index contributed by atoms with van der Waals surface area (Å²) in [6.45, 7) is 6.47. The van der Waals surface area contributed by atoms with Crippen molar-refractivity contribution in [3.05, 3.63) is 0 Å². The van der Waals surface area contributed by atoms with Crippen molar-refractivity contribution in [2.24, 2.45) is 5.92 Å². The molecular weight excluding hydrogens is 190 g/mol. The first-order valence-corrected chi connectivity index (χ1v) is 6.08. The lowest BCUT2D eigenvalue weighted by Gasteiger charge is -2.46. The Hall–Kier alpha value is -0.610. The molecule has 0 aromatic carbocycles. The minimum atomic E-state index is 0.397. The first kappa shape index (κ1) is 9.60. The van der Waals surface area contributed by atoms with E-state index in [4.69, 9.17) is 0 Å². The Morgan fingerprint density at radius 2 is 1.80 bits per heavy atom. The van der Waals surface area contributed by atoms with Crippen molar-refractivity contribution in [1.29, 1.82) is 0 Å². The molecule has 1 aliphatic carbocycles. The lowest BCUT2D eigenvalue weighted by Crippen LogP contribution is -2.64. The molecule has 0 aromatic heterocycles. The predicted octanol–water partition coefficient (Wildman–Crippen LogP) is -0.488. The van der Waals surface area contributed by atoms with E-state index in [0.29, 0.717) is 17.9 Å². The molecule has 84 valence electrons. The zero-order valence-corrected chi connectivity index (χ0v) is 9.11. The normalized spacial score (nSPS) is 28.9. The summed E-state index contributed by atoms with van der Waals surface area (Å²) in [6, 6.07) is 0.648. The number of hydrogen-bond donors (Lipinski definition) is 1. The monoisotopic (exact) mass is 209 g/mol. The first-order valence-electron chi connectivity index (χ1n) is 6.08. The average Bonchev–Trinajstić information content (AvgIpc) is 3.00. The number of likely N-dealkylation sites (tertiary alicyclic amines) is 1. The van der Waals surface area contributed by atoms with Gasteiger partial charge in [-0.25, -0.2) is 0 Å². The quantitative estimate of drug-likeness (QED) is 0.667. The van der Waals surface area contributed by atoms with E-state index in [-0.39, 0.29) is 0 Å². The van der Waals surface area contributed by atoms with Crippen LogP contribution in [0.1, 0.15) is 12.8 Å². The van der Waals surface area contributed by atoms with Crippen LogP contribution in [-0.4, -0.2) is 61.0 Å². The van der Waals surface area contributed by atoms with Crippen LogP contribution >= 0.6 is 0 Å². The molecule has 1 saturated carbocycles. The fourth-order valence-electron chi connectivity index (χ4n) is 2.50. The summed E-state index contributed by atoms with van der Waals surface area (Å²) in [6.07, 6.45) is 2.27. The molecule has 0 spiro atoms. The highest BCUT2D eigenvalue weighted by molar-refractivity contribution is 5.81. The van der Waals surface area contributed by atoms with E-state index < -0.39 is 0 Å². The second kappa shape index (κ2) is 3.76. The summed E-state index contributed by atoms with van der Waals surface area (Å²) in [5, 5.41) is 3.36. The van der Waals surface area contributed by atoms with Gasteiger partial charge in [-0.2, -0.15) is 0 Å². The fraction of sp³-hybridized carbons (Fsp3) is 0.909. The smallest absolute Gasteiger partial charge is 0.225 e. The second-order valence-corrected chi connectivity index (χ2v) is 4.96. The Labute approximate surface area is 90.6 Å². The number of piperazine rings is 1. The molecule has 3 aliphatic rings. The number of amides is 1. The highest BCUT2D eigenvalue weighted by Gasteiger charge is 2.40. The highest BCUT2D eigenvalue weighted by Crippen LogP contribution is 2.33. The maximum absolute atomic E-state index is 11.7. The minimum Gasteiger partial charge on any atom is -0.339 e. The zero-order chi connectivity index (χ0) is 10.3. The topological polar surface area (TPSA) is 35.6 Å². The number of hydrogen-bond acceptors (Lipinski definition) is 3. The Morgan fingerprint density at radius 1 is 1.13 bits per heavy atom. The van der Waals surface area contributed by atoms with Crippen LogP contribution in [0.2, 0.25) is 0 Å². The van der Waals surface area contributed by atoms with Crippen molar-refractivity contribution in [1.82, 2.24) is 15.1 Å². The molecule has 2 saturated heterocycles. The predicted molar refractivity (Wildman–Crippen MR) is 57.5 cm³/mol. The third kappa shape index (κ3) is 1.88. The zero-order valence-electron chi connectivity index (χ0n) is 9.11. The van der Waals surface area contributed by atoms with Crippen molar-refractivity contribution in [3.8, 4) is 0 Å². The van der Waals surface area contributed by atoms with E-state index in [1.54, 1.807) is 0 Å². The van der Waals surface area contributed by atoms with E-state index in [1.807, 2.05) is 4.90 Å². The summed E-state index contributed by atoms with van der Waals surface area (Å²) in [5.41, 5.74) is 0. The largest absolute Gasteiger partial charge is 0.339 e. The Morgan fingerprint density at radius 3 is 2.40 bits per heavy atom. The van der Waals surface area contributed by atoms with E-state index >= 15 is 0 Å². The Kier molecular flexibility index (Phi) is 2.41. The molecule has 4 nitrogen and oxygen atoms in total. The van der Waals surface area contributed by atoms with Crippen LogP contribution in [0.4, 0.5) is 0 Å². The van der Waals surface area contributed by atoms with E-state index in [1.165, 1.54) is 0 Å². The van der Waals surface area contributed by atoms with Gasteiger partial charge in [0.1, 0.15) is 0 Å². The van der Waals surface area contributed by atoms with Gasteiger partial charge >= 0.3 is 0 Å². The van der Waals surface area contributed by atoms with E-state index in [9.17, 15) is 4.79 Å². The SMILES string of the molecule is O=C(C1CC1)N1CC(N2CCNCC2)C1. The maximum Gasteiger partial charge on any atom is 0.225 e. The summed E-state index contributed by atoms with van der Waals surface area (Å²) in [7, 11) is 0. The number of nitrogens with zero attached hydrogens (tertiary/aromatic N) is 2. The molecule has 1 amide bonds. The van der Waals surface area contributed by atoms with Crippen LogP contribution in [0.15, 0.2) is 0 Å². The van der Waals surface area contributed by atoms with E-state index in [2.05, 4.69) is 10.2 Å². The summed E-state index contributed by atoms with van der Waals surface area (Å²) >= 11 is 0. The second-order valence-electron chi connectivity index (χ2n) is 4.96. The third-order valence-corrected chi connectivity index (χ3v) is 3.77. The van der Waals surface area contributed by atoms with Crippen LogP contribution in [0.3, 0.4) is 0 Å². The van der Waals surface area contributed by atoms with Gasteiger partial charge in [0.2, 0.25) is 5.91 Å². The van der Waals surface area contributed by atoms with Gasteiger partial charge in [0.05, 0.1) is 0 Å². The molecule has 0 atom stereocenters. The van der Waals surface area contributed by atoms with Gasteiger partial charge in [-0.3, -0.25) is 9.69 Å². The van der Waals surface area contributed by atoms with Gasteiger partial charge in [0.15, 0.2) is 0 Å². The maximum atomic E-state index is 11.7. The molecule has 2 aliphatic heterocycles. The lowest BCUT2D eigenvalue weighted by atomic mass is 10.1. The average molecular weight is 209 g/mol.